The molecular formula is C15H16O4. The molecule has 0 unspecified atom stereocenters. The molecule has 4 nitrogen and oxygen atoms in total. The van der Waals surface area contributed by atoms with Gasteiger partial charge in [-0.25, -0.2) is 0 Å². The summed E-state index contributed by atoms with van der Waals surface area (Å²) >= 11 is 0. The Morgan fingerprint density at radius 2 is 1.63 bits per heavy atom. The van der Waals surface area contributed by atoms with Gasteiger partial charge in [-0.2, -0.15) is 0 Å². The summed E-state index contributed by atoms with van der Waals surface area (Å²) in [5.41, 5.74) is 0.782. The fourth-order valence-electron chi connectivity index (χ4n) is 1.67. The third-order valence-electron chi connectivity index (χ3n) is 2.75. The Bertz CT molecular complexity index is 529. The summed E-state index contributed by atoms with van der Waals surface area (Å²) in [6.45, 7) is 2.17. The van der Waals surface area contributed by atoms with Gasteiger partial charge in [0, 0.05) is 5.56 Å². The van der Waals surface area contributed by atoms with E-state index in [1.165, 1.54) is 0 Å². The molecule has 2 aromatic rings. The SMILES string of the molecule is COc1cccc(O)c1C.c1ccc2c(c1)OCO2. The van der Waals surface area contributed by atoms with E-state index in [1.54, 1.807) is 19.2 Å². The van der Waals surface area contributed by atoms with Crippen molar-refractivity contribution in [3.05, 3.63) is 48.0 Å². The standard InChI is InChI=1S/C8H10O2.C7H6O2/c1-6-7(9)4-3-5-8(6)10-2;1-2-4-7-6(3-1)8-5-9-7/h3-5,9H,1-2H3;1-4H,5H2. The molecule has 0 amide bonds. The Morgan fingerprint density at radius 1 is 1.00 bits per heavy atom. The van der Waals surface area contributed by atoms with E-state index in [9.17, 15) is 0 Å². The number of aromatic hydroxyl groups is 1. The smallest absolute Gasteiger partial charge is 0.231 e. The largest absolute Gasteiger partial charge is 0.508 e. The monoisotopic (exact) mass is 260 g/mol. The van der Waals surface area contributed by atoms with Gasteiger partial charge in [0.25, 0.3) is 0 Å². The van der Waals surface area contributed by atoms with Crippen molar-refractivity contribution in [2.45, 2.75) is 6.92 Å². The number of ether oxygens (including phenoxy) is 3. The zero-order valence-corrected chi connectivity index (χ0v) is 10.9. The first kappa shape index (κ1) is 13.1. The van der Waals surface area contributed by atoms with Crippen molar-refractivity contribution in [2.24, 2.45) is 0 Å². The number of fused-ring (bicyclic) bond motifs is 1. The van der Waals surface area contributed by atoms with Crippen LogP contribution in [0.3, 0.4) is 0 Å². The summed E-state index contributed by atoms with van der Waals surface area (Å²) < 4.78 is 15.1. The van der Waals surface area contributed by atoms with E-state index in [1.807, 2.05) is 37.3 Å². The van der Waals surface area contributed by atoms with Crippen molar-refractivity contribution in [3.8, 4) is 23.0 Å². The molecule has 4 heteroatoms. The van der Waals surface area contributed by atoms with Crippen LogP contribution in [-0.2, 0) is 0 Å². The molecule has 0 aromatic heterocycles. The minimum atomic E-state index is 0.277. The van der Waals surface area contributed by atoms with E-state index < -0.39 is 0 Å². The van der Waals surface area contributed by atoms with Gasteiger partial charge in [-0.05, 0) is 31.2 Å². The van der Waals surface area contributed by atoms with E-state index in [0.29, 0.717) is 6.79 Å². The van der Waals surface area contributed by atoms with Gasteiger partial charge in [0.15, 0.2) is 11.5 Å². The molecule has 0 saturated heterocycles. The number of phenols is 1. The summed E-state index contributed by atoms with van der Waals surface area (Å²) in [5.74, 6) is 2.69. The molecule has 0 fully saturated rings. The normalized spacial score (nSPS) is 11.5. The van der Waals surface area contributed by atoms with Crippen molar-refractivity contribution in [3.63, 3.8) is 0 Å². The van der Waals surface area contributed by atoms with Crippen LogP contribution in [0.5, 0.6) is 23.0 Å². The minimum absolute atomic E-state index is 0.277. The number of rotatable bonds is 1. The van der Waals surface area contributed by atoms with Crippen LogP contribution in [-0.4, -0.2) is 19.0 Å². The highest BCUT2D eigenvalue weighted by atomic mass is 16.7. The van der Waals surface area contributed by atoms with Crippen molar-refractivity contribution >= 4 is 0 Å². The molecule has 1 heterocycles. The Labute approximate surface area is 112 Å². The number of phenolic OH excluding ortho intramolecular Hbond substituents is 1. The first-order chi connectivity index (χ1) is 9.22. The molecular weight excluding hydrogens is 244 g/mol. The van der Waals surface area contributed by atoms with E-state index in [0.717, 1.165) is 22.8 Å². The second kappa shape index (κ2) is 6.00. The van der Waals surface area contributed by atoms with Crippen molar-refractivity contribution < 1.29 is 19.3 Å². The third-order valence-corrected chi connectivity index (χ3v) is 2.75. The maximum absolute atomic E-state index is 9.15. The molecule has 1 aliphatic heterocycles. The molecule has 0 radical (unpaired) electrons. The summed E-state index contributed by atoms with van der Waals surface area (Å²) in [6, 6.07) is 12.8. The number of methoxy groups -OCH3 is 1. The topological polar surface area (TPSA) is 47.9 Å². The maximum Gasteiger partial charge on any atom is 0.231 e. The molecule has 0 saturated carbocycles. The van der Waals surface area contributed by atoms with Crippen LogP contribution in [0.1, 0.15) is 5.56 Å². The third kappa shape index (κ3) is 3.10. The zero-order valence-electron chi connectivity index (χ0n) is 10.9. The van der Waals surface area contributed by atoms with Gasteiger partial charge in [0.2, 0.25) is 6.79 Å². The predicted molar refractivity (Wildman–Crippen MR) is 72.0 cm³/mol. The first-order valence-corrected chi connectivity index (χ1v) is 5.89. The molecule has 100 valence electrons. The van der Waals surface area contributed by atoms with Crippen LogP contribution in [0.2, 0.25) is 0 Å². The molecule has 0 atom stereocenters. The summed E-state index contributed by atoms with van der Waals surface area (Å²) in [5, 5.41) is 9.15. The highest BCUT2D eigenvalue weighted by Crippen LogP contribution is 2.30. The maximum atomic E-state index is 9.15. The minimum Gasteiger partial charge on any atom is -0.508 e. The van der Waals surface area contributed by atoms with Gasteiger partial charge in [-0.15, -0.1) is 0 Å². The molecule has 0 bridgehead atoms. The first-order valence-electron chi connectivity index (χ1n) is 5.89. The molecule has 0 spiro atoms. The summed E-state index contributed by atoms with van der Waals surface area (Å²) in [6.07, 6.45) is 0. The van der Waals surface area contributed by atoms with Gasteiger partial charge >= 0.3 is 0 Å². The van der Waals surface area contributed by atoms with Crippen LogP contribution in [0.4, 0.5) is 0 Å². The Kier molecular flexibility index (Phi) is 4.13. The highest BCUT2D eigenvalue weighted by Gasteiger charge is 2.09. The Hall–Kier alpha value is -2.36. The lowest BCUT2D eigenvalue weighted by Crippen LogP contribution is -1.92. The molecule has 1 N–H and O–H groups in total. The second-order valence-electron chi connectivity index (χ2n) is 3.96. The fourth-order valence-corrected chi connectivity index (χ4v) is 1.67. The van der Waals surface area contributed by atoms with Crippen molar-refractivity contribution in [1.29, 1.82) is 0 Å². The molecule has 2 aromatic carbocycles. The number of para-hydroxylation sites is 2. The Morgan fingerprint density at radius 3 is 2.16 bits per heavy atom. The van der Waals surface area contributed by atoms with E-state index in [4.69, 9.17) is 19.3 Å². The molecule has 0 aliphatic carbocycles. The van der Waals surface area contributed by atoms with Gasteiger partial charge in [0.1, 0.15) is 11.5 Å². The van der Waals surface area contributed by atoms with E-state index in [2.05, 4.69) is 0 Å². The highest BCUT2D eigenvalue weighted by molar-refractivity contribution is 5.42. The second-order valence-corrected chi connectivity index (χ2v) is 3.96. The van der Waals surface area contributed by atoms with Crippen LogP contribution in [0, 0.1) is 6.92 Å². The average molecular weight is 260 g/mol. The van der Waals surface area contributed by atoms with Gasteiger partial charge in [-0.1, -0.05) is 18.2 Å². The van der Waals surface area contributed by atoms with Gasteiger partial charge in [0.05, 0.1) is 7.11 Å². The fraction of sp³-hybridized carbons (Fsp3) is 0.200. The van der Waals surface area contributed by atoms with Crippen LogP contribution in [0.25, 0.3) is 0 Å². The van der Waals surface area contributed by atoms with Crippen molar-refractivity contribution in [2.75, 3.05) is 13.9 Å². The molecule has 1 aliphatic rings. The average Bonchev–Trinajstić information content (AvgIpc) is 2.91. The van der Waals surface area contributed by atoms with Crippen molar-refractivity contribution in [1.82, 2.24) is 0 Å². The van der Waals surface area contributed by atoms with Gasteiger partial charge < -0.3 is 19.3 Å². The lowest BCUT2D eigenvalue weighted by atomic mass is 10.2. The quantitative estimate of drug-likeness (QED) is 0.855. The van der Waals surface area contributed by atoms with Crippen LogP contribution in [0.15, 0.2) is 42.5 Å². The van der Waals surface area contributed by atoms with E-state index >= 15 is 0 Å². The predicted octanol–water partition coefficient (Wildman–Crippen LogP) is 3.12. The Balaban J connectivity index is 0.000000141. The summed E-state index contributed by atoms with van der Waals surface area (Å²) in [7, 11) is 1.59. The van der Waals surface area contributed by atoms with Gasteiger partial charge in [-0.3, -0.25) is 0 Å². The molecule has 3 rings (SSSR count). The lowest BCUT2D eigenvalue weighted by molar-refractivity contribution is 0.174. The molecule has 19 heavy (non-hydrogen) atoms. The van der Waals surface area contributed by atoms with Crippen LogP contribution >= 0.6 is 0 Å². The number of hydrogen-bond donors (Lipinski definition) is 1. The van der Waals surface area contributed by atoms with Crippen LogP contribution < -0.4 is 14.2 Å². The number of benzene rings is 2. The lowest BCUT2D eigenvalue weighted by Gasteiger charge is -2.04. The zero-order chi connectivity index (χ0) is 13.7. The van der Waals surface area contributed by atoms with E-state index in [-0.39, 0.29) is 5.75 Å². The summed E-state index contributed by atoms with van der Waals surface area (Å²) in [4.78, 5) is 0. The number of hydrogen-bond acceptors (Lipinski definition) is 4.